The van der Waals surface area contributed by atoms with E-state index in [0.29, 0.717) is 5.41 Å². The summed E-state index contributed by atoms with van der Waals surface area (Å²) in [5, 5.41) is 3.54. The van der Waals surface area contributed by atoms with Crippen molar-refractivity contribution in [2.24, 2.45) is 5.41 Å². The van der Waals surface area contributed by atoms with Gasteiger partial charge in [-0.25, -0.2) is 0 Å². The lowest BCUT2D eigenvalue weighted by Crippen LogP contribution is -2.23. The highest BCUT2D eigenvalue weighted by molar-refractivity contribution is 5.50. The molecule has 1 fully saturated rings. The van der Waals surface area contributed by atoms with E-state index in [2.05, 4.69) is 12.2 Å². The summed E-state index contributed by atoms with van der Waals surface area (Å²) in [6.07, 6.45) is 3.93. The van der Waals surface area contributed by atoms with E-state index in [-0.39, 0.29) is 0 Å². The number of methoxy groups -OCH3 is 3. The van der Waals surface area contributed by atoms with Gasteiger partial charge in [0, 0.05) is 25.2 Å². The largest absolute Gasteiger partial charge is 0.496 e. The second-order valence-electron chi connectivity index (χ2n) is 5.47. The summed E-state index contributed by atoms with van der Waals surface area (Å²) >= 11 is 0. The Bertz CT molecular complexity index is 430. The Morgan fingerprint density at radius 1 is 1.05 bits per heavy atom. The highest BCUT2D eigenvalue weighted by atomic mass is 16.5. The van der Waals surface area contributed by atoms with Gasteiger partial charge in [-0.1, -0.05) is 6.92 Å². The topological polar surface area (TPSA) is 39.7 Å². The van der Waals surface area contributed by atoms with Crippen LogP contribution in [0.5, 0.6) is 17.2 Å². The fourth-order valence-corrected chi connectivity index (χ4v) is 2.54. The summed E-state index contributed by atoms with van der Waals surface area (Å²) in [7, 11) is 4.99. The lowest BCUT2D eigenvalue weighted by atomic mass is 10.0. The molecular formula is C16H25NO3. The molecule has 20 heavy (non-hydrogen) atoms. The number of hydrogen-bond acceptors (Lipinski definition) is 4. The van der Waals surface area contributed by atoms with Crippen LogP contribution in [0.1, 0.15) is 31.7 Å². The molecule has 1 saturated carbocycles. The lowest BCUT2D eigenvalue weighted by molar-refractivity contribution is 0.363. The number of hydrogen-bond donors (Lipinski definition) is 1. The van der Waals surface area contributed by atoms with Crippen molar-refractivity contribution in [3.05, 3.63) is 17.7 Å². The molecule has 0 atom stereocenters. The molecule has 1 N–H and O–H groups in total. The Kier molecular flexibility index (Phi) is 4.76. The molecule has 0 aliphatic heterocycles. The van der Waals surface area contributed by atoms with Crippen LogP contribution < -0.4 is 19.5 Å². The van der Waals surface area contributed by atoms with Gasteiger partial charge in [0.1, 0.15) is 17.2 Å². The first-order valence-corrected chi connectivity index (χ1v) is 7.17. The fraction of sp³-hybridized carbons (Fsp3) is 0.625. The van der Waals surface area contributed by atoms with Gasteiger partial charge in [-0.15, -0.1) is 0 Å². The molecule has 1 aliphatic rings. The first kappa shape index (κ1) is 15.0. The van der Waals surface area contributed by atoms with Gasteiger partial charge < -0.3 is 19.5 Å². The minimum atomic E-state index is 0.535. The van der Waals surface area contributed by atoms with Crippen molar-refractivity contribution < 1.29 is 14.2 Å². The summed E-state index contributed by atoms with van der Waals surface area (Å²) in [6.45, 7) is 4.07. The average Bonchev–Trinajstić information content (AvgIpc) is 3.27. The summed E-state index contributed by atoms with van der Waals surface area (Å²) < 4.78 is 16.2. The van der Waals surface area contributed by atoms with E-state index in [1.54, 1.807) is 21.3 Å². The zero-order valence-corrected chi connectivity index (χ0v) is 12.9. The van der Waals surface area contributed by atoms with E-state index in [4.69, 9.17) is 14.2 Å². The SMILES string of the molecule is CCC1(CNCc2c(OC)cc(OC)cc2OC)CC1. The van der Waals surface area contributed by atoms with Crippen LogP contribution in [0.2, 0.25) is 0 Å². The van der Waals surface area contributed by atoms with E-state index in [9.17, 15) is 0 Å². The summed E-state index contributed by atoms with van der Waals surface area (Å²) in [6, 6.07) is 3.79. The first-order chi connectivity index (χ1) is 9.68. The normalized spacial score (nSPS) is 15.8. The maximum atomic E-state index is 5.45. The summed E-state index contributed by atoms with van der Waals surface area (Å²) in [5.74, 6) is 2.35. The van der Waals surface area contributed by atoms with E-state index in [1.807, 2.05) is 12.1 Å². The van der Waals surface area contributed by atoms with Gasteiger partial charge in [0.25, 0.3) is 0 Å². The Morgan fingerprint density at radius 2 is 1.65 bits per heavy atom. The Balaban J connectivity index is 2.08. The van der Waals surface area contributed by atoms with E-state index >= 15 is 0 Å². The van der Waals surface area contributed by atoms with Crippen molar-refractivity contribution in [3.8, 4) is 17.2 Å². The lowest BCUT2D eigenvalue weighted by Gasteiger charge is -2.17. The average molecular weight is 279 g/mol. The van der Waals surface area contributed by atoms with Gasteiger partial charge in [-0.2, -0.15) is 0 Å². The van der Waals surface area contributed by atoms with Gasteiger partial charge in [0.15, 0.2) is 0 Å². The second-order valence-corrected chi connectivity index (χ2v) is 5.47. The van der Waals surface area contributed by atoms with Crippen LogP contribution in [0.4, 0.5) is 0 Å². The molecule has 0 unspecified atom stereocenters. The van der Waals surface area contributed by atoms with Gasteiger partial charge in [-0.3, -0.25) is 0 Å². The number of benzene rings is 1. The molecule has 0 radical (unpaired) electrons. The molecule has 4 nitrogen and oxygen atoms in total. The van der Waals surface area contributed by atoms with Crippen LogP contribution >= 0.6 is 0 Å². The maximum Gasteiger partial charge on any atom is 0.130 e. The van der Waals surface area contributed by atoms with Crippen LogP contribution in [-0.4, -0.2) is 27.9 Å². The molecular weight excluding hydrogens is 254 g/mol. The van der Waals surface area contributed by atoms with Crippen molar-refractivity contribution in [2.75, 3.05) is 27.9 Å². The van der Waals surface area contributed by atoms with Crippen LogP contribution in [0.15, 0.2) is 12.1 Å². The van der Waals surface area contributed by atoms with Crippen LogP contribution in [0.25, 0.3) is 0 Å². The molecule has 1 aromatic rings. The number of nitrogens with one attached hydrogen (secondary N) is 1. The minimum Gasteiger partial charge on any atom is -0.496 e. The highest BCUT2D eigenvalue weighted by Crippen LogP contribution is 2.48. The Hall–Kier alpha value is -1.42. The van der Waals surface area contributed by atoms with E-state index in [0.717, 1.165) is 35.9 Å². The predicted octanol–water partition coefficient (Wildman–Crippen LogP) is 2.99. The molecule has 1 aromatic carbocycles. The molecule has 0 saturated heterocycles. The first-order valence-electron chi connectivity index (χ1n) is 7.17. The fourth-order valence-electron chi connectivity index (χ4n) is 2.54. The Morgan fingerprint density at radius 3 is 2.05 bits per heavy atom. The van der Waals surface area contributed by atoms with Crippen LogP contribution in [0.3, 0.4) is 0 Å². The zero-order chi connectivity index (χ0) is 14.6. The third kappa shape index (κ3) is 3.18. The van der Waals surface area contributed by atoms with Crippen molar-refractivity contribution >= 4 is 0 Å². The summed E-state index contributed by atoms with van der Waals surface area (Å²) in [4.78, 5) is 0. The van der Waals surface area contributed by atoms with Crippen molar-refractivity contribution in [2.45, 2.75) is 32.7 Å². The monoisotopic (exact) mass is 279 g/mol. The van der Waals surface area contributed by atoms with Gasteiger partial charge in [0.2, 0.25) is 0 Å². The second kappa shape index (κ2) is 6.35. The van der Waals surface area contributed by atoms with Crippen LogP contribution in [0, 0.1) is 5.41 Å². The molecule has 0 heterocycles. The quantitative estimate of drug-likeness (QED) is 0.794. The van der Waals surface area contributed by atoms with Crippen molar-refractivity contribution in [3.63, 3.8) is 0 Å². The third-order valence-electron chi connectivity index (χ3n) is 4.33. The Labute approximate surface area is 121 Å². The summed E-state index contributed by atoms with van der Waals surface area (Å²) in [5.41, 5.74) is 1.58. The zero-order valence-electron chi connectivity index (χ0n) is 12.9. The smallest absolute Gasteiger partial charge is 0.130 e. The third-order valence-corrected chi connectivity index (χ3v) is 4.33. The van der Waals surface area contributed by atoms with E-state index in [1.165, 1.54) is 19.3 Å². The minimum absolute atomic E-state index is 0.535. The predicted molar refractivity (Wildman–Crippen MR) is 79.8 cm³/mol. The molecule has 0 bridgehead atoms. The van der Waals surface area contributed by atoms with Gasteiger partial charge in [0.05, 0.1) is 26.9 Å². The van der Waals surface area contributed by atoms with Gasteiger partial charge >= 0.3 is 0 Å². The standard InChI is InChI=1S/C16H25NO3/c1-5-16(6-7-16)11-17-10-13-14(19-3)8-12(18-2)9-15(13)20-4/h8-9,17H,5-7,10-11H2,1-4H3. The van der Waals surface area contributed by atoms with Gasteiger partial charge in [-0.05, 0) is 24.7 Å². The van der Waals surface area contributed by atoms with Crippen molar-refractivity contribution in [1.29, 1.82) is 0 Å². The highest BCUT2D eigenvalue weighted by Gasteiger charge is 2.39. The molecule has 112 valence electrons. The molecule has 4 heteroatoms. The van der Waals surface area contributed by atoms with Crippen LogP contribution in [-0.2, 0) is 6.54 Å². The van der Waals surface area contributed by atoms with Crippen molar-refractivity contribution in [1.82, 2.24) is 5.32 Å². The molecule has 0 amide bonds. The van der Waals surface area contributed by atoms with E-state index < -0.39 is 0 Å². The molecule has 0 spiro atoms. The molecule has 0 aromatic heterocycles. The number of rotatable bonds is 8. The molecule has 2 rings (SSSR count). The number of ether oxygens (including phenoxy) is 3. The molecule has 1 aliphatic carbocycles. The maximum absolute atomic E-state index is 5.45.